The number of anilines is 2. The lowest BCUT2D eigenvalue weighted by Crippen LogP contribution is -2.50. The van der Waals surface area contributed by atoms with Crippen molar-refractivity contribution in [3.63, 3.8) is 0 Å². The molecule has 8 nitrogen and oxygen atoms in total. The zero-order chi connectivity index (χ0) is 30.0. The molecule has 3 heterocycles. The molecular weight excluding hydrogens is 615 g/mol. The molecule has 0 atom stereocenters. The van der Waals surface area contributed by atoms with E-state index < -0.39 is 10.0 Å². The maximum absolute atomic E-state index is 12.8. The molecule has 4 fully saturated rings. The molecule has 1 aliphatic carbocycles. The van der Waals surface area contributed by atoms with E-state index in [1.54, 1.807) is 4.31 Å². The van der Waals surface area contributed by atoms with Crippen LogP contribution in [0.1, 0.15) is 53.4 Å². The van der Waals surface area contributed by atoms with Crippen LogP contribution in [-0.2, 0) is 19.3 Å². The molecule has 42 heavy (non-hydrogen) atoms. The van der Waals surface area contributed by atoms with Gasteiger partial charge in [-0.1, -0.05) is 40.9 Å². The van der Waals surface area contributed by atoms with E-state index in [4.69, 9.17) is 9.31 Å². The van der Waals surface area contributed by atoms with Crippen LogP contribution in [0.4, 0.5) is 11.4 Å². The number of rotatable bonds is 5. The fraction of sp³-hybridized carbons (Fsp3) is 0.613. The van der Waals surface area contributed by atoms with E-state index >= 15 is 0 Å². The molecule has 0 spiro atoms. The predicted octanol–water partition coefficient (Wildman–Crippen LogP) is 4.24. The number of halogens is 1. The summed E-state index contributed by atoms with van der Waals surface area (Å²) in [5.74, 6) is 0. The quantitative estimate of drug-likeness (QED) is 0.481. The van der Waals surface area contributed by atoms with Crippen LogP contribution in [0.15, 0.2) is 53.0 Å². The van der Waals surface area contributed by atoms with Crippen LogP contribution >= 0.6 is 15.9 Å². The van der Waals surface area contributed by atoms with Crippen molar-refractivity contribution in [2.24, 2.45) is 0 Å². The summed E-state index contributed by atoms with van der Waals surface area (Å²) in [4.78, 5) is 4.66. The summed E-state index contributed by atoms with van der Waals surface area (Å²) in [6.07, 6.45) is 3.73. The number of benzene rings is 2. The monoisotopic (exact) mass is 660 g/mol. The average molecular weight is 662 g/mol. The van der Waals surface area contributed by atoms with Gasteiger partial charge < -0.3 is 24.4 Å². The normalized spacial score (nSPS) is 23.1. The van der Waals surface area contributed by atoms with Gasteiger partial charge in [-0.2, -0.15) is 4.31 Å². The summed E-state index contributed by atoms with van der Waals surface area (Å²) in [5, 5.41) is 3.19. The molecular formula is C31H46BBrN4O4S. The molecule has 1 saturated carbocycles. The molecule has 0 aromatic heterocycles. The van der Waals surface area contributed by atoms with Gasteiger partial charge in [0.05, 0.1) is 16.5 Å². The second-order valence-electron chi connectivity index (χ2n) is 12.7. The highest BCUT2D eigenvalue weighted by atomic mass is 79.9. The summed E-state index contributed by atoms with van der Waals surface area (Å²) in [7, 11) is -3.49. The highest BCUT2D eigenvalue weighted by molar-refractivity contribution is 9.10. The molecule has 3 aliphatic heterocycles. The van der Waals surface area contributed by atoms with Crippen molar-refractivity contribution < 1.29 is 17.7 Å². The molecule has 0 unspecified atom stereocenters. The minimum atomic E-state index is -3.13. The highest BCUT2D eigenvalue weighted by Crippen LogP contribution is 2.36. The maximum atomic E-state index is 12.8. The third kappa shape index (κ3) is 7.19. The Balaban J connectivity index is 0.000000226. The van der Waals surface area contributed by atoms with E-state index in [-0.39, 0.29) is 23.6 Å². The zero-order valence-corrected chi connectivity index (χ0v) is 27.9. The lowest BCUT2D eigenvalue weighted by molar-refractivity contribution is 0.00578. The first-order valence-electron chi connectivity index (χ1n) is 15.4. The largest absolute Gasteiger partial charge is 0.494 e. The fourth-order valence-corrected chi connectivity index (χ4v) is 8.28. The van der Waals surface area contributed by atoms with Crippen molar-refractivity contribution in [2.45, 2.75) is 69.8 Å². The highest BCUT2D eigenvalue weighted by Gasteiger charge is 2.51. The molecule has 4 aliphatic rings. The van der Waals surface area contributed by atoms with Crippen molar-refractivity contribution in [2.75, 3.05) is 62.2 Å². The number of nitrogens with one attached hydrogen (secondary N) is 1. The maximum Gasteiger partial charge on any atom is 0.494 e. The van der Waals surface area contributed by atoms with Gasteiger partial charge in [-0.25, -0.2) is 8.42 Å². The van der Waals surface area contributed by atoms with Gasteiger partial charge in [-0.05, 0) is 82.4 Å². The minimum Gasteiger partial charge on any atom is -0.399 e. The third-order valence-electron chi connectivity index (χ3n) is 9.41. The van der Waals surface area contributed by atoms with Gasteiger partial charge in [-0.3, -0.25) is 0 Å². The number of hydrogen-bond acceptors (Lipinski definition) is 7. The van der Waals surface area contributed by atoms with Crippen LogP contribution in [0.5, 0.6) is 0 Å². The molecule has 3 saturated heterocycles. The lowest BCUT2D eigenvalue weighted by atomic mass is 9.79. The lowest BCUT2D eigenvalue weighted by Gasteiger charge is -2.36. The molecule has 0 amide bonds. The van der Waals surface area contributed by atoms with Gasteiger partial charge >= 0.3 is 7.12 Å². The summed E-state index contributed by atoms with van der Waals surface area (Å²) in [5.41, 5.74) is 2.75. The van der Waals surface area contributed by atoms with Gasteiger partial charge in [0.2, 0.25) is 10.0 Å². The van der Waals surface area contributed by atoms with Crippen molar-refractivity contribution in [1.82, 2.24) is 9.62 Å². The molecule has 230 valence electrons. The van der Waals surface area contributed by atoms with Crippen molar-refractivity contribution in [3.05, 3.63) is 53.0 Å². The zero-order valence-electron chi connectivity index (χ0n) is 25.5. The van der Waals surface area contributed by atoms with Gasteiger partial charge in [0, 0.05) is 68.2 Å². The Labute approximate surface area is 261 Å². The summed E-state index contributed by atoms with van der Waals surface area (Å²) in [6.45, 7) is 15.2. The average Bonchev–Trinajstić information content (AvgIpc) is 3.61. The van der Waals surface area contributed by atoms with E-state index in [0.29, 0.717) is 13.1 Å². The number of piperazine rings is 2. The van der Waals surface area contributed by atoms with E-state index in [2.05, 4.69) is 107 Å². The first-order chi connectivity index (χ1) is 20.0. The van der Waals surface area contributed by atoms with Crippen molar-refractivity contribution >= 4 is 49.9 Å². The van der Waals surface area contributed by atoms with Gasteiger partial charge in [-0.15, -0.1) is 0 Å². The standard InChI is InChI=1S/C21H33BN2O4S.C10H13BrN2/c1-20(2)21(3,4)28-22(27-20)17-9-11-18(12-10-17)23-13-15-24(16-14-23)29(25,26)19-7-5-6-8-19;11-9-1-3-10(4-2-9)13-7-5-12-6-8-13/h9-12,19H,5-8,13-16H2,1-4H3;1-4,12H,5-8H2. The van der Waals surface area contributed by atoms with Crippen molar-refractivity contribution in [3.8, 4) is 0 Å². The Morgan fingerprint density at radius 1 is 0.762 bits per heavy atom. The summed E-state index contributed by atoms with van der Waals surface area (Å²) >= 11 is 3.44. The number of hydrogen-bond donors (Lipinski definition) is 1. The molecule has 1 N–H and O–H groups in total. The molecule has 2 aromatic rings. The van der Waals surface area contributed by atoms with E-state index in [9.17, 15) is 8.42 Å². The molecule has 0 radical (unpaired) electrons. The van der Waals surface area contributed by atoms with Crippen LogP contribution < -0.4 is 20.6 Å². The van der Waals surface area contributed by atoms with Crippen LogP contribution in [-0.4, -0.2) is 88.7 Å². The second kappa shape index (κ2) is 13.2. The third-order valence-corrected chi connectivity index (χ3v) is 12.3. The van der Waals surface area contributed by atoms with Crippen LogP contribution in [0.25, 0.3) is 0 Å². The fourth-order valence-electron chi connectivity index (χ4n) is 5.99. The van der Waals surface area contributed by atoms with Gasteiger partial charge in [0.1, 0.15) is 0 Å². The molecule has 2 aromatic carbocycles. The first-order valence-corrected chi connectivity index (χ1v) is 17.7. The van der Waals surface area contributed by atoms with Crippen LogP contribution in [0, 0.1) is 0 Å². The Kier molecular flexibility index (Phi) is 9.96. The molecule has 11 heteroatoms. The second-order valence-corrected chi connectivity index (χ2v) is 15.9. The molecule has 0 bridgehead atoms. The van der Waals surface area contributed by atoms with Crippen LogP contribution in [0.3, 0.4) is 0 Å². The Morgan fingerprint density at radius 3 is 1.76 bits per heavy atom. The minimum absolute atomic E-state index is 0.159. The predicted molar refractivity (Wildman–Crippen MR) is 176 cm³/mol. The molecule has 6 rings (SSSR count). The SMILES string of the molecule is Brc1ccc(N2CCNCC2)cc1.CC1(C)OB(c2ccc(N3CCN(S(=O)(=O)C4CCCC4)CC3)cc2)OC1(C)C. The van der Waals surface area contributed by atoms with E-state index in [0.717, 1.165) is 80.6 Å². The van der Waals surface area contributed by atoms with Crippen LogP contribution in [0.2, 0.25) is 0 Å². The smallest absolute Gasteiger partial charge is 0.399 e. The first kappa shape index (κ1) is 31.8. The Morgan fingerprint density at radius 2 is 1.24 bits per heavy atom. The van der Waals surface area contributed by atoms with Gasteiger partial charge in [0.25, 0.3) is 0 Å². The Hall–Kier alpha value is -1.63. The van der Waals surface area contributed by atoms with Gasteiger partial charge in [0.15, 0.2) is 0 Å². The number of nitrogens with zero attached hydrogens (tertiary/aromatic N) is 3. The summed E-state index contributed by atoms with van der Waals surface area (Å²) < 4.78 is 40.7. The Bertz CT molecular complexity index is 1260. The van der Waals surface area contributed by atoms with E-state index in [1.165, 1.54) is 5.69 Å². The topological polar surface area (TPSA) is 74.4 Å². The summed E-state index contributed by atoms with van der Waals surface area (Å²) in [6, 6.07) is 16.8. The number of sulfonamides is 1. The van der Waals surface area contributed by atoms with E-state index in [1.807, 2.05) is 0 Å². The van der Waals surface area contributed by atoms with Crippen molar-refractivity contribution in [1.29, 1.82) is 0 Å².